The van der Waals surface area contributed by atoms with Crippen LogP contribution in [0.5, 0.6) is 11.5 Å². The highest BCUT2D eigenvalue weighted by atomic mass is 32.2. The third kappa shape index (κ3) is 3.86. The van der Waals surface area contributed by atoms with Gasteiger partial charge in [-0.15, -0.1) is 0 Å². The van der Waals surface area contributed by atoms with Gasteiger partial charge in [-0.3, -0.25) is 4.79 Å². The zero-order valence-corrected chi connectivity index (χ0v) is 14.4. The lowest BCUT2D eigenvalue weighted by Gasteiger charge is -2.03. The molecule has 0 unspecified atom stereocenters. The van der Waals surface area contributed by atoms with Crippen molar-refractivity contribution in [3.05, 3.63) is 58.5 Å². The van der Waals surface area contributed by atoms with Crippen LogP contribution in [0.25, 0.3) is 6.08 Å². The van der Waals surface area contributed by atoms with Gasteiger partial charge in [-0.25, -0.2) is 9.79 Å². The number of ether oxygens (including phenoxy) is 1. The number of benzene rings is 2. The minimum Gasteiger partial charge on any atom is -0.508 e. The standard InChI is InChI=1S/C18H14N2O5S/c1-25-17(24)13-9-11(4-7-14(13)22)19-18-20-16(23)15(26-18)8-10-2-5-12(21)6-3-10/h2-9,21-22H,1H3,(H,19,20,23)/b15-8-. The zero-order valence-electron chi connectivity index (χ0n) is 13.6. The number of carbonyl (C=O) groups is 2. The Kier molecular flexibility index (Phi) is 4.94. The van der Waals surface area contributed by atoms with Crippen LogP contribution in [0.2, 0.25) is 0 Å². The Labute approximate surface area is 153 Å². The van der Waals surface area contributed by atoms with Crippen LogP contribution >= 0.6 is 11.8 Å². The highest BCUT2D eigenvalue weighted by Gasteiger charge is 2.24. The molecule has 0 radical (unpaired) electrons. The van der Waals surface area contributed by atoms with E-state index in [2.05, 4.69) is 15.0 Å². The molecular weight excluding hydrogens is 356 g/mol. The molecule has 0 spiro atoms. The van der Waals surface area contributed by atoms with E-state index in [1.807, 2.05) is 0 Å². The molecule has 8 heteroatoms. The number of nitrogens with one attached hydrogen (secondary N) is 1. The SMILES string of the molecule is COC(=O)c1cc(N=C2NC(=O)/C(=C/c3ccc(O)cc3)S2)ccc1O. The number of aromatic hydroxyl groups is 2. The van der Waals surface area contributed by atoms with Crippen LogP contribution in [0.1, 0.15) is 15.9 Å². The summed E-state index contributed by atoms with van der Waals surface area (Å²) in [6, 6.07) is 10.7. The summed E-state index contributed by atoms with van der Waals surface area (Å²) in [4.78, 5) is 28.4. The van der Waals surface area contributed by atoms with E-state index >= 15 is 0 Å². The highest BCUT2D eigenvalue weighted by molar-refractivity contribution is 8.18. The first kappa shape index (κ1) is 17.6. The lowest BCUT2D eigenvalue weighted by Crippen LogP contribution is -2.19. The second kappa shape index (κ2) is 7.32. The number of aliphatic imine (C=N–C) groups is 1. The molecule has 26 heavy (non-hydrogen) atoms. The molecule has 1 fully saturated rings. The van der Waals surface area contributed by atoms with Crippen molar-refractivity contribution >= 4 is 40.6 Å². The van der Waals surface area contributed by atoms with Gasteiger partial charge < -0.3 is 20.3 Å². The minimum atomic E-state index is -0.680. The van der Waals surface area contributed by atoms with Gasteiger partial charge in [-0.1, -0.05) is 12.1 Å². The zero-order chi connectivity index (χ0) is 18.7. The summed E-state index contributed by atoms with van der Waals surface area (Å²) < 4.78 is 4.60. The van der Waals surface area contributed by atoms with Crippen molar-refractivity contribution in [2.75, 3.05) is 7.11 Å². The molecule has 3 rings (SSSR count). The van der Waals surface area contributed by atoms with E-state index in [9.17, 15) is 19.8 Å². The molecule has 0 saturated carbocycles. The molecule has 3 N–H and O–H groups in total. The van der Waals surface area contributed by atoms with Gasteiger partial charge >= 0.3 is 5.97 Å². The first-order valence-corrected chi connectivity index (χ1v) is 8.28. The molecule has 7 nitrogen and oxygen atoms in total. The lowest BCUT2D eigenvalue weighted by molar-refractivity contribution is -0.115. The summed E-state index contributed by atoms with van der Waals surface area (Å²) in [5.41, 5.74) is 1.14. The number of carbonyl (C=O) groups excluding carboxylic acids is 2. The summed E-state index contributed by atoms with van der Waals surface area (Å²) in [5.74, 6) is -1.04. The Morgan fingerprint density at radius 1 is 1.19 bits per heavy atom. The number of hydrogen-bond acceptors (Lipinski definition) is 7. The maximum absolute atomic E-state index is 12.1. The third-order valence-electron chi connectivity index (χ3n) is 3.46. The molecule has 1 saturated heterocycles. The number of rotatable bonds is 3. The van der Waals surface area contributed by atoms with Crippen molar-refractivity contribution < 1.29 is 24.5 Å². The minimum absolute atomic E-state index is 0.0106. The van der Waals surface area contributed by atoms with Crippen molar-refractivity contribution in [2.24, 2.45) is 4.99 Å². The number of esters is 1. The average molecular weight is 370 g/mol. The molecular formula is C18H14N2O5S. The van der Waals surface area contributed by atoms with Crippen LogP contribution in [0.3, 0.4) is 0 Å². The Hall–Kier alpha value is -3.26. The number of hydrogen-bond donors (Lipinski definition) is 3. The van der Waals surface area contributed by atoms with Gasteiger partial charge in [0.2, 0.25) is 0 Å². The number of methoxy groups -OCH3 is 1. The molecule has 2 aromatic rings. The molecule has 132 valence electrons. The molecule has 1 aliphatic rings. The molecule has 1 amide bonds. The van der Waals surface area contributed by atoms with E-state index in [1.165, 1.54) is 37.4 Å². The second-order valence-electron chi connectivity index (χ2n) is 5.27. The van der Waals surface area contributed by atoms with Crippen molar-refractivity contribution in [1.82, 2.24) is 5.32 Å². The van der Waals surface area contributed by atoms with Gasteiger partial charge in [0.1, 0.15) is 17.1 Å². The Bertz CT molecular complexity index is 935. The molecule has 0 atom stereocenters. The maximum atomic E-state index is 12.1. The fourth-order valence-corrected chi connectivity index (χ4v) is 3.03. The van der Waals surface area contributed by atoms with Crippen LogP contribution in [0.15, 0.2) is 52.4 Å². The second-order valence-corrected chi connectivity index (χ2v) is 6.30. The predicted molar refractivity (Wildman–Crippen MR) is 98.4 cm³/mol. The van der Waals surface area contributed by atoms with E-state index in [0.29, 0.717) is 15.8 Å². The van der Waals surface area contributed by atoms with Crippen LogP contribution in [-0.4, -0.2) is 34.4 Å². The third-order valence-corrected chi connectivity index (χ3v) is 4.37. The first-order valence-electron chi connectivity index (χ1n) is 7.46. The Morgan fingerprint density at radius 2 is 1.92 bits per heavy atom. The summed E-state index contributed by atoms with van der Waals surface area (Å²) in [6.07, 6.45) is 1.68. The van der Waals surface area contributed by atoms with Gasteiger partial charge in [-0.2, -0.15) is 0 Å². The van der Waals surface area contributed by atoms with Crippen LogP contribution in [0, 0.1) is 0 Å². The number of amidine groups is 1. The largest absolute Gasteiger partial charge is 0.508 e. The molecule has 2 aromatic carbocycles. The lowest BCUT2D eigenvalue weighted by atomic mass is 10.2. The van der Waals surface area contributed by atoms with Gasteiger partial charge in [-0.05, 0) is 53.7 Å². The molecule has 1 aliphatic heterocycles. The Morgan fingerprint density at radius 3 is 2.62 bits per heavy atom. The molecule has 1 heterocycles. The summed E-state index contributed by atoms with van der Waals surface area (Å²) in [7, 11) is 1.22. The number of thioether (sulfide) groups is 1. The van der Waals surface area contributed by atoms with Gasteiger partial charge in [0.05, 0.1) is 17.7 Å². The fraction of sp³-hybridized carbons (Fsp3) is 0.0556. The fourth-order valence-electron chi connectivity index (χ4n) is 2.19. The topological polar surface area (TPSA) is 108 Å². The van der Waals surface area contributed by atoms with Gasteiger partial charge in [0.25, 0.3) is 5.91 Å². The van der Waals surface area contributed by atoms with Gasteiger partial charge in [0.15, 0.2) is 5.17 Å². The smallest absolute Gasteiger partial charge is 0.341 e. The van der Waals surface area contributed by atoms with Crippen LogP contribution in [0.4, 0.5) is 5.69 Å². The van der Waals surface area contributed by atoms with Crippen molar-refractivity contribution in [2.45, 2.75) is 0 Å². The summed E-state index contributed by atoms with van der Waals surface area (Å²) in [5, 5.41) is 22.0. The maximum Gasteiger partial charge on any atom is 0.341 e. The number of phenols is 2. The van der Waals surface area contributed by atoms with Crippen molar-refractivity contribution in [3.63, 3.8) is 0 Å². The van der Waals surface area contributed by atoms with Crippen LogP contribution < -0.4 is 5.32 Å². The van der Waals surface area contributed by atoms with Crippen LogP contribution in [-0.2, 0) is 9.53 Å². The van der Waals surface area contributed by atoms with Crippen molar-refractivity contribution in [3.8, 4) is 11.5 Å². The average Bonchev–Trinajstić information content (AvgIpc) is 2.97. The normalized spacial score (nSPS) is 16.7. The Balaban J connectivity index is 1.84. The predicted octanol–water partition coefficient (Wildman–Crippen LogP) is 2.78. The number of phenolic OH excluding ortho intramolecular Hbond substituents is 2. The van der Waals surface area contributed by atoms with Gasteiger partial charge in [0, 0.05) is 0 Å². The van der Waals surface area contributed by atoms with E-state index < -0.39 is 5.97 Å². The monoisotopic (exact) mass is 370 g/mol. The highest BCUT2D eigenvalue weighted by Crippen LogP contribution is 2.30. The first-order chi connectivity index (χ1) is 12.5. The molecule has 0 aromatic heterocycles. The van der Waals surface area contributed by atoms with Crippen molar-refractivity contribution in [1.29, 1.82) is 0 Å². The molecule has 0 aliphatic carbocycles. The summed E-state index contributed by atoms with van der Waals surface area (Å²) in [6.45, 7) is 0. The number of amides is 1. The summed E-state index contributed by atoms with van der Waals surface area (Å²) >= 11 is 1.15. The van der Waals surface area contributed by atoms with E-state index in [4.69, 9.17) is 0 Å². The quantitative estimate of drug-likeness (QED) is 0.566. The van der Waals surface area contributed by atoms with E-state index in [-0.39, 0.29) is 23.0 Å². The number of nitrogens with zero attached hydrogens (tertiary/aromatic N) is 1. The van der Waals surface area contributed by atoms with E-state index in [1.54, 1.807) is 18.2 Å². The molecule has 0 bridgehead atoms. The van der Waals surface area contributed by atoms with E-state index in [0.717, 1.165) is 17.3 Å².